The Morgan fingerprint density at radius 2 is 2.00 bits per heavy atom. The number of nitrogens with zero attached hydrogens (tertiary/aromatic N) is 1. The third kappa shape index (κ3) is 6.04. The second kappa shape index (κ2) is 9.23. The quantitative estimate of drug-likeness (QED) is 0.754. The van der Waals surface area contributed by atoms with Crippen LogP contribution in [0.3, 0.4) is 0 Å². The number of amides is 1. The number of hydrogen-bond donors (Lipinski definition) is 1. The van der Waals surface area contributed by atoms with E-state index in [1.165, 1.54) is 0 Å². The van der Waals surface area contributed by atoms with Gasteiger partial charge >= 0.3 is 0 Å². The van der Waals surface area contributed by atoms with E-state index in [-0.39, 0.29) is 5.91 Å². The van der Waals surface area contributed by atoms with E-state index in [9.17, 15) is 4.79 Å². The summed E-state index contributed by atoms with van der Waals surface area (Å²) in [4.78, 5) is 13.1. The molecule has 1 rings (SSSR count). The highest BCUT2D eigenvalue weighted by Crippen LogP contribution is 2.25. The summed E-state index contributed by atoms with van der Waals surface area (Å²) in [6.45, 7) is 3.65. The fourth-order valence-electron chi connectivity index (χ4n) is 1.81. The molecule has 0 saturated carbocycles. The first-order valence-electron chi connectivity index (χ1n) is 7.37. The predicted octanol–water partition coefficient (Wildman–Crippen LogP) is 1.83. The predicted molar refractivity (Wildman–Crippen MR) is 83.8 cm³/mol. The largest absolute Gasteiger partial charge is 0.493 e. The fraction of sp³-hybridized carbons (Fsp3) is 0.562. The molecule has 0 aliphatic carbocycles. The zero-order valence-corrected chi connectivity index (χ0v) is 13.2. The molecule has 0 aliphatic rings. The maximum atomic E-state index is 11.6. The van der Waals surface area contributed by atoms with E-state index in [1.807, 2.05) is 18.2 Å². The first-order chi connectivity index (χ1) is 10.1. The van der Waals surface area contributed by atoms with Crippen LogP contribution in [0.1, 0.15) is 25.3 Å². The van der Waals surface area contributed by atoms with Crippen LogP contribution in [0, 0.1) is 0 Å². The van der Waals surface area contributed by atoms with Gasteiger partial charge in [-0.1, -0.05) is 13.0 Å². The fourth-order valence-corrected chi connectivity index (χ4v) is 1.81. The molecule has 0 heterocycles. The molecule has 1 amide bonds. The Kier molecular flexibility index (Phi) is 7.61. The summed E-state index contributed by atoms with van der Waals surface area (Å²) in [5, 5.41) is 0. The van der Waals surface area contributed by atoms with Crippen LogP contribution in [0.2, 0.25) is 0 Å². The average Bonchev–Trinajstić information content (AvgIpc) is 2.47. The lowest BCUT2D eigenvalue weighted by molar-refractivity contribution is -0.129. The Hall–Kier alpha value is -1.75. The molecular formula is C16H26N2O3. The van der Waals surface area contributed by atoms with Crippen molar-refractivity contribution >= 4 is 5.91 Å². The highest BCUT2D eigenvalue weighted by Gasteiger charge is 2.08. The van der Waals surface area contributed by atoms with Crippen LogP contribution in [-0.2, 0) is 11.2 Å². The lowest BCUT2D eigenvalue weighted by atomic mass is 10.1. The standard InChI is InChI=1S/C16H26N2O3/c1-4-10-20-14-6-5-13(7-9-17)15(12-14)21-11-8-16(19)18(2)3/h5-6,12H,4,7-11,17H2,1-3H3. The third-order valence-electron chi connectivity index (χ3n) is 3.00. The summed E-state index contributed by atoms with van der Waals surface area (Å²) >= 11 is 0. The summed E-state index contributed by atoms with van der Waals surface area (Å²) < 4.78 is 11.4. The summed E-state index contributed by atoms with van der Waals surface area (Å²) in [6.07, 6.45) is 2.05. The van der Waals surface area contributed by atoms with Crippen molar-refractivity contribution in [2.75, 3.05) is 33.9 Å². The van der Waals surface area contributed by atoms with Crippen LogP contribution in [0.4, 0.5) is 0 Å². The summed E-state index contributed by atoms with van der Waals surface area (Å²) in [6, 6.07) is 5.78. The van der Waals surface area contributed by atoms with E-state index in [2.05, 4.69) is 6.92 Å². The minimum atomic E-state index is 0.0498. The van der Waals surface area contributed by atoms with E-state index in [0.29, 0.717) is 26.2 Å². The Morgan fingerprint density at radius 3 is 2.62 bits per heavy atom. The molecule has 1 aromatic rings. The van der Waals surface area contributed by atoms with Gasteiger partial charge < -0.3 is 20.1 Å². The monoisotopic (exact) mass is 294 g/mol. The van der Waals surface area contributed by atoms with Gasteiger partial charge in [-0.05, 0) is 31.0 Å². The number of benzene rings is 1. The van der Waals surface area contributed by atoms with Crippen molar-refractivity contribution in [3.63, 3.8) is 0 Å². The second-order valence-corrected chi connectivity index (χ2v) is 5.04. The van der Waals surface area contributed by atoms with Gasteiger partial charge in [0.1, 0.15) is 11.5 Å². The minimum Gasteiger partial charge on any atom is -0.493 e. The van der Waals surface area contributed by atoms with Gasteiger partial charge in [0.25, 0.3) is 0 Å². The lowest BCUT2D eigenvalue weighted by Gasteiger charge is -2.14. The summed E-state index contributed by atoms with van der Waals surface area (Å²) in [5.41, 5.74) is 6.66. The van der Waals surface area contributed by atoms with Crippen molar-refractivity contribution < 1.29 is 14.3 Å². The van der Waals surface area contributed by atoms with E-state index < -0.39 is 0 Å². The molecule has 21 heavy (non-hydrogen) atoms. The maximum absolute atomic E-state index is 11.6. The van der Waals surface area contributed by atoms with Crippen molar-refractivity contribution in [3.8, 4) is 11.5 Å². The van der Waals surface area contributed by atoms with Gasteiger partial charge in [-0.2, -0.15) is 0 Å². The van der Waals surface area contributed by atoms with Crippen molar-refractivity contribution in [2.24, 2.45) is 5.73 Å². The topological polar surface area (TPSA) is 64.8 Å². The van der Waals surface area contributed by atoms with Crippen molar-refractivity contribution in [1.82, 2.24) is 4.90 Å². The zero-order chi connectivity index (χ0) is 15.7. The molecule has 0 fully saturated rings. The first kappa shape index (κ1) is 17.3. The molecule has 2 N–H and O–H groups in total. The van der Waals surface area contributed by atoms with Crippen molar-refractivity contribution in [1.29, 1.82) is 0 Å². The molecule has 0 unspecified atom stereocenters. The number of ether oxygens (including phenoxy) is 2. The van der Waals surface area contributed by atoms with E-state index in [0.717, 1.165) is 29.9 Å². The highest BCUT2D eigenvalue weighted by atomic mass is 16.5. The van der Waals surface area contributed by atoms with E-state index >= 15 is 0 Å². The third-order valence-corrected chi connectivity index (χ3v) is 3.00. The van der Waals surface area contributed by atoms with Gasteiger partial charge in [-0.3, -0.25) is 4.79 Å². The van der Waals surface area contributed by atoms with Crippen LogP contribution in [0.5, 0.6) is 11.5 Å². The number of hydrogen-bond acceptors (Lipinski definition) is 4. The normalized spacial score (nSPS) is 10.3. The molecule has 0 bridgehead atoms. The van der Waals surface area contributed by atoms with Crippen molar-refractivity contribution in [2.45, 2.75) is 26.2 Å². The van der Waals surface area contributed by atoms with Crippen LogP contribution in [0.15, 0.2) is 18.2 Å². The molecular weight excluding hydrogens is 268 g/mol. The molecule has 0 aromatic heterocycles. The number of nitrogens with two attached hydrogens (primary N) is 1. The molecule has 0 spiro atoms. The van der Waals surface area contributed by atoms with Crippen LogP contribution >= 0.6 is 0 Å². The summed E-state index contributed by atoms with van der Waals surface area (Å²) in [7, 11) is 3.47. The Bertz CT molecular complexity index is 447. The molecule has 0 aliphatic heterocycles. The average molecular weight is 294 g/mol. The van der Waals surface area contributed by atoms with Gasteiger partial charge in [0.15, 0.2) is 0 Å². The van der Waals surface area contributed by atoms with Crippen LogP contribution in [0.25, 0.3) is 0 Å². The van der Waals surface area contributed by atoms with Crippen LogP contribution < -0.4 is 15.2 Å². The number of carbonyl (C=O) groups is 1. The minimum absolute atomic E-state index is 0.0498. The van der Waals surface area contributed by atoms with Crippen molar-refractivity contribution in [3.05, 3.63) is 23.8 Å². The van der Waals surface area contributed by atoms with Gasteiger partial charge in [-0.15, -0.1) is 0 Å². The zero-order valence-electron chi connectivity index (χ0n) is 13.2. The molecule has 0 atom stereocenters. The molecule has 5 nitrogen and oxygen atoms in total. The molecule has 0 radical (unpaired) electrons. The highest BCUT2D eigenvalue weighted by molar-refractivity contribution is 5.75. The van der Waals surface area contributed by atoms with Gasteiger partial charge in [-0.25, -0.2) is 0 Å². The van der Waals surface area contributed by atoms with E-state index in [4.69, 9.17) is 15.2 Å². The second-order valence-electron chi connectivity index (χ2n) is 5.04. The lowest BCUT2D eigenvalue weighted by Crippen LogP contribution is -2.23. The Labute approximate surface area is 127 Å². The molecule has 5 heteroatoms. The number of carbonyl (C=O) groups excluding carboxylic acids is 1. The SMILES string of the molecule is CCCOc1ccc(CCN)c(OCCC(=O)N(C)C)c1. The Balaban J connectivity index is 2.68. The van der Waals surface area contributed by atoms with Gasteiger partial charge in [0.2, 0.25) is 5.91 Å². The maximum Gasteiger partial charge on any atom is 0.225 e. The van der Waals surface area contributed by atoms with E-state index in [1.54, 1.807) is 19.0 Å². The van der Waals surface area contributed by atoms with Gasteiger partial charge in [0.05, 0.1) is 19.6 Å². The van der Waals surface area contributed by atoms with Gasteiger partial charge in [0, 0.05) is 20.2 Å². The summed E-state index contributed by atoms with van der Waals surface area (Å²) in [5.74, 6) is 1.58. The molecule has 1 aromatic carbocycles. The molecule has 0 saturated heterocycles. The molecule has 118 valence electrons. The first-order valence-corrected chi connectivity index (χ1v) is 7.37. The number of rotatable bonds is 9. The van der Waals surface area contributed by atoms with Crippen LogP contribution in [-0.4, -0.2) is 44.7 Å². The smallest absolute Gasteiger partial charge is 0.225 e. The Morgan fingerprint density at radius 1 is 1.24 bits per heavy atom.